The molecule has 0 aromatic carbocycles. The zero-order chi connectivity index (χ0) is 12.3. The predicted octanol–water partition coefficient (Wildman–Crippen LogP) is 2.27. The number of nitriles is 1. The lowest BCUT2D eigenvalue weighted by molar-refractivity contribution is 0.0675. The van der Waals surface area contributed by atoms with Crippen LogP contribution in [0.5, 0.6) is 5.75 Å². The molecule has 90 valence electrons. The molecule has 17 heavy (non-hydrogen) atoms. The van der Waals surface area contributed by atoms with E-state index in [2.05, 4.69) is 6.07 Å². The monoisotopic (exact) mass is 250 g/mol. The van der Waals surface area contributed by atoms with Crippen LogP contribution in [0.2, 0.25) is 0 Å². The minimum atomic E-state index is -0.274. The molecule has 0 spiro atoms. The molecular formula is C12H14N2O2S. The Hall–Kier alpha value is -1.54. The molecule has 1 unspecified atom stereocenters. The molecule has 1 amide bonds. The highest BCUT2D eigenvalue weighted by molar-refractivity contribution is 7.12. The first-order chi connectivity index (χ1) is 8.26. The second-order valence-corrected chi connectivity index (χ2v) is 4.90. The van der Waals surface area contributed by atoms with Gasteiger partial charge in [-0.2, -0.15) is 5.26 Å². The Morgan fingerprint density at radius 1 is 1.65 bits per heavy atom. The molecule has 0 aliphatic carbocycles. The average Bonchev–Trinajstić information content (AvgIpc) is 2.86. The molecule has 1 aromatic rings. The van der Waals surface area contributed by atoms with Crippen molar-refractivity contribution in [2.45, 2.75) is 25.3 Å². The van der Waals surface area contributed by atoms with Gasteiger partial charge in [-0.05, 0) is 19.3 Å². The highest BCUT2D eigenvalue weighted by Gasteiger charge is 2.28. The molecule has 1 aliphatic heterocycles. The van der Waals surface area contributed by atoms with E-state index in [-0.39, 0.29) is 11.9 Å². The summed E-state index contributed by atoms with van der Waals surface area (Å²) in [5.41, 5.74) is 0. The number of ether oxygens (including phenoxy) is 1. The van der Waals surface area contributed by atoms with Gasteiger partial charge in [-0.15, -0.1) is 11.3 Å². The molecule has 0 bridgehead atoms. The second-order valence-electron chi connectivity index (χ2n) is 3.99. The summed E-state index contributed by atoms with van der Waals surface area (Å²) in [6.07, 6.45) is 2.78. The number of methoxy groups -OCH3 is 1. The number of thiophene rings is 1. The van der Waals surface area contributed by atoms with Crippen molar-refractivity contribution in [1.82, 2.24) is 4.90 Å². The van der Waals surface area contributed by atoms with Crippen molar-refractivity contribution in [3.63, 3.8) is 0 Å². The summed E-state index contributed by atoms with van der Waals surface area (Å²) in [5, 5.41) is 10.8. The lowest BCUT2D eigenvalue weighted by Gasteiger charge is -2.30. The van der Waals surface area contributed by atoms with Gasteiger partial charge in [0.15, 0.2) is 0 Å². The molecule has 1 aromatic heterocycles. The fraction of sp³-hybridized carbons (Fsp3) is 0.500. The molecule has 1 saturated heterocycles. The summed E-state index contributed by atoms with van der Waals surface area (Å²) in [5.74, 6) is 0.647. The number of rotatable bonds is 2. The van der Waals surface area contributed by atoms with E-state index in [9.17, 15) is 4.79 Å². The third-order valence-electron chi connectivity index (χ3n) is 2.93. The van der Waals surface area contributed by atoms with Crippen molar-refractivity contribution in [2.24, 2.45) is 0 Å². The third-order valence-corrected chi connectivity index (χ3v) is 3.83. The van der Waals surface area contributed by atoms with E-state index in [1.165, 1.54) is 11.3 Å². The fourth-order valence-electron chi connectivity index (χ4n) is 1.99. The number of carbonyl (C=O) groups is 1. The number of nitrogens with zero attached hydrogens (tertiary/aromatic N) is 2. The Balaban J connectivity index is 2.15. The van der Waals surface area contributed by atoms with Crippen molar-refractivity contribution in [2.75, 3.05) is 13.7 Å². The number of carbonyl (C=O) groups excluding carboxylic acids is 1. The van der Waals surface area contributed by atoms with Crippen LogP contribution in [0.3, 0.4) is 0 Å². The largest absolute Gasteiger partial charge is 0.496 e. The Morgan fingerprint density at radius 3 is 3.12 bits per heavy atom. The molecule has 2 heterocycles. The maximum Gasteiger partial charge on any atom is 0.265 e. The average molecular weight is 250 g/mol. The van der Waals surface area contributed by atoms with E-state index in [4.69, 9.17) is 10.00 Å². The zero-order valence-corrected chi connectivity index (χ0v) is 10.5. The van der Waals surface area contributed by atoms with Crippen LogP contribution in [0.4, 0.5) is 0 Å². The maximum atomic E-state index is 12.2. The SMILES string of the molecule is COc1csc(C(=O)N2CCCCC2C#N)c1. The standard InChI is InChI=1S/C12H14N2O2S/c1-16-10-6-11(17-8-10)12(15)14-5-3-2-4-9(14)7-13/h6,8-9H,2-5H2,1H3. The van der Waals surface area contributed by atoms with Gasteiger partial charge in [0.05, 0.1) is 18.1 Å². The third kappa shape index (κ3) is 2.42. The molecular weight excluding hydrogens is 236 g/mol. The first kappa shape index (κ1) is 11.9. The Labute approximate surface area is 104 Å². The molecule has 4 nitrogen and oxygen atoms in total. The van der Waals surface area contributed by atoms with Crippen LogP contribution in [0, 0.1) is 11.3 Å². The summed E-state index contributed by atoms with van der Waals surface area (Å²) in [6, 6.07) is 3.66. The summed E-state index contributed by atoms with van der Waals surface area (Å²) >= 11 is 1.36. The fourth-order valence-corrected chi connectivity index (χ4v) is 2.80. The predicted molar refractivity (Wildman–Crippen MR) is 65.2 cm³/mol. The molecule has 0 radical (unpaired) electrons. The summed E-state index contributed by atoms with van der Waals surface area (Å²) in [6.45, 7) is 0.678. The van der Waals surface area contributed by atoms with Gasteiger partial charge in [-0.3, -0.25) is 4.79 Å². The summed E-state index contributed by atoms with van der Waals surface area (Å²) in [4.78, 5) is 14.5. The lowest BCUT2D eigenvalue weighted by atomic mass is 10.0. The van der Waals surface area contributed by atoms with Crippen molar-refractivity contribution in [3.05, 3.63) is 16.3 Å². The number of likely N-dealkylation sites (tertiary alicyclic amines) is 1. The number of hydrogen-bond donors (Lipinski definition) is 0. The summed E-state index contributed by atoms with van der Waals surface area (Å²) < 4.78 is 5.06. The number of amides is 1. The van der Waals surface area contributed by atoms with Crippen LogP contribution in [0.1, 0.15) is 28.9 Å². The van der Waals surface area contributed by atoms with Crippen LogP contribution in [0.25, 0.3) is 0 Å². The minimum absolute atomic E-state index is 0.0513. The van der Waals surface area contributed by atoms with Crippen LogP contribution in [-0.4, -0.2) is 30.5 Å². The lowest BCUT2D eigenvalue weighted by Crippen LogP contribution is -2.42. The van der Waals surface area contributed by atoms with E-state index < -0.39 is 0 Å². The van der Waals surface area contributed by atoms with Gasteiger partial charge in [-0.25, -0.2) is 0 Å². The van der Waals surface area contributed by atoms with Crippen LogP contribution < -0.4 is 4.74 Å². The molecule has 5 heteroatoms. The molecule has 1 atom stereocenters. The van der Waals surface area contributed by atoms with Gasteiger partial charge in [0.2, 0.25) is 0 Å². The number of piperidine rings is 1. The first-order valence-corrected chi connectivity index (χ1v) is 6.47. The highest BCUT2D eigenvalue weighted by atomic mass is 32.1. The van der Waals surface area contributed by atoms with E-state index >= 15 is 0 Å². The quantitative estimate of drug-likeness (QED) is 0.809. The molecule has 1 aliphatic rings. The van der Waals surface area contributed by atoms with Gasteiger partial charge in [0.1, 0.15) is 11.8 Å². The topological polar surface area (TPSA) is 53.3 Å². The van der Waals surface area contributed by atoms with E-state index in [0.29, 0.717) is 17.2 Å². The zero-order valence-electron chi connectivity index (χ0n) is 9.68. The molecule has 0 saturated carbocycles. The maximum absolute atomic E-state index is 12.2. The van der Waals surface area contributed by atoms with Crippen molar-refractivity contribution in [1.29, 1.82) is 5.26 Å². The van der Waals surface area contributed by atoms with Gasteiger partial charge >= 0.3 is 0 Å². The Kier molecular flexibility index (Phi) is 3.64. The smallest absolute Gasteiger partial charge is 0.265 e. The van der Waals surface area contributed by atoms with E-state index in [0.717, 1.165) is 19.3 Å². The second kappa shape index (κ2) is 5.19. The minimum Gasteiger partial charge on any atom is -0.496 e. The highest BCUT2D eigenvalue weighted by Crippen LogP contribution is 2.25. The molecule has 2 rings (SSSR count). The van der Waals surface area contributed by atoms with Crippen molar-refractivity contribution in [3.8, 4) is 11.8 Å². The summed E-state index contributed by atoms with van der Waals surface area (Å²) in [7, 11) is 1.58. The van der Waals surface area contributed by atoms with Gasteiger partial charge < -0.3 is 9.64 Å². The van der Waals surface area contributed by atoms with E-state index in [1.807, 2.05) is 0 Å². The molecule has 1 fully saturated rings. The van der Waals surface area contributed by atoms with Gasteiger partial charge in [-0.1, -0.05) is 0 Å². The first-order valence-electron chi connectivity index (χ1n) is 5.59. The van der Waals surface area contributed by atoms with Crippen LogP contribution in [-0.2, 0) is 0 Å². The van der Waals surface area contributed by atoms with Crippen LogP contribution >= 0.6 is 11.3 Å². The normalized spacial score (nSPS) is 19.8. The van der Waals surface area contributed by atoms with Gasteiger partial charge in [0.25, 0.3) is 5.91 Å². The number of hydrogen-bond acceptors (Lipinski definition) is 4. The van der Waals surface area contributed by atoms with Crippen LogP contribution in [0.15, 0.2) is 11.4 Å². The Bertz CT molecular complexity index is 450. The Morgan fingerprint density at radius 2 is 2.47 bits per heavy atom. The van der Waals surface area contributed by atoms with E-state index in [1.54, 1.807) is 23.5 Å². The van der Waals surface area contributed by atoms with Crippen molar-refractivity contribution >= 4 is 17.2 Å². The van der Waals surface area contributed by atoms with Gasteiger partial charge in [0, 0.05) is 18.0 Å². The molecule has 0 N–H and O–H groups in total. The van der Waals surface area contributed by atoms with Crippen molar-refractivity contribution < 1.29 is 9.53 Å².